The van der Waals surface area contributed by atoms with E-state index in [9.17, 15) is 14.4 Å². The maximum atomic E-state index is 13.3. The number of imide groups is 1. The molecule has 2 aromatic carbocycles. The van der Waals surface area contributed by atoms with Gasteiger partial charge in [0.1, 0.15) is 25.8 Å². The van der Waals surface area contributed by atoms with Crippen LogP contribution in [0.2, 0.25) is 0 Å². The van der Waals surface area contributed by atoms with Crippen molar-refractivity contribution in [1.29, 1.82) is 0 Å². The van der Waals surface area contributed by atoms with Gasteiger partial charge in [-0.3, -0.25) is 14.5 Å². The van der Waals surface area contributed by atoms with Crippen LogP contribution in [0.3, 0.4) is 0 Å². The monoisotopic (exact) mass is 474 g/mol. The van der Waals surface area contributed by atoms with E-state index in [0.29, 0.717) is 37.7 Å². The van der Waals surface area contributed by atoms with Crippen LogP contribution in [-0.4, -0.2) is 65.0 Å². The number of benzene rings is 2. The summed E-state index contributed by atoms with van der Waals surface area (Å²) in [5.41, 5.74) is 2.89. The first-order valence-corrected chi connectivity index (χ1v) is 11.9. The molecule has 2 fully saturated rings. The molecule has 0 spiro atoms. The fourth-order valence-electron chi connectivity index (χ4n) is 5.29. The Morgan fingerprint density at radius 3 is 2.77 bits per heavy atom. The summed E-state index contributed by atoms with van der Waals surface area (Å²) in [6.07, 6.45) is 3.89. The van der Waals surface area contributed by atoms with Gasteiger partial charge in [0.05, 0.1) is 6.04 Å². The van der Waals surface area contributed by atoms with Crippen LogP contribution in [0.15, 0.2) is 48.7 Å². The van der Waals surface area contributed by atoms with Crippen molar-refractivity contribution in [3.05, 3.63) is 59.8 Å². The molecule has 2 atom stereocenters. The van der Waals surface area contributed by atoms with Gasteiger partial charge < -0.3 is 24.7 Å². The SMILES string of the molecule is O=C1N[C@@H](Cc2c[nH]c3ccccc23)C(=O)N1CC(=O)N1CCC[C@H]1c1ccc2c(c1)OCCO2. The molecule has 3 aliphatic heterocycles. The molecule has 35 heavy (non-hydrogen) atoms. The Morgan fingerprint density at radius 1 is 1.06 bits per heavy atom. The molecule has 0 radical (unpaired) electrons. The number of hydrogen-bond acceptors (Lipinski definition) is 5. The molecule has 0 bridgehead atoms. The number of carbonyl (C=O) groups excluding carboxylic acids is 3. The number of aromatic amines is 1. The minimum atomic E-state index is -0.693. The zero-order chi connectivity index (χ0) is 23.9. The molecule has 2 saturated heterocycles. The van der Waals surface area contributed by atoms with E-state index in [1.165, 1.54) is 0 Å². The molecule has 9 nitrogen and oxygen atoms in total. The quantitative estimate of drug-likeness (QED) is 0.554. The Kier molecular flexibility index (Phi) is 5.32. The average Bonchev–Trinajstić information content (AvgIpc) is 3.59. The molecule has 9 heteroatoms. The van der Waals surface area contributed by atoms with Gasteiger partial charge in [0.2, 0.25) is 5.91 Å². The number of nitrogens with one attached hydrogen (secondary N) is 2. The zero-order valence-corrected chi connectivity index (χ0v) is 19.2. The number of carbonyl (C=O) groups is 3. The predicted molar refractivity (Wildman–Crippen MR) is 127 cm³/mol. The van der Waals surface area contributed by atoms with Crippen molar-refractivity contribution in [2.75, 3.05) is 26.3 Å². The molecular formula is C26H26N4O5. The van der Waals surface area contributed by atoms with Gasteiger partial charge in [-0.2, -0.15) is 0 Å². The Bertz CT molecular complexity index is 1320. The van der Waals surface area contributed by atoms with Crippen LogP contribution in [0.1, 0.15) is 30.0 Å². The lowest BCUT2D eigenvalue weighted by Gasteiger charge is -2.28. The number of rotatable bonds is 5. The first-order chi connectivity index (χ1) is 17.1. The maximum Gasteiger partial charge on any atom is 0.325 e. The number of likely N-dealkylation sites (tertiary alicyclic amines) is 1. The second-order valence-electron chi connectivity index (χ2n) is 9.14. The highest BCUT2D eigenvalue weighted by Crippen LogP contribution is 2.38. The van der Waals surface area contributed by atoms with Crippen molar-refractivity contribution in [3.63, 3.8) is 0 Å². The third-order valence-electron chi connectivity index (χ3n) is 7.02. The lowest BCUT2D eigenvalue weighted by molar-refractivity contribution is -0.138. The van der Waals surface area contributed by atoms with E-state index in [-0.39, 0.29) is 24.4 Å². The van der Waals surface area contributed by atoms with Crippen LogP contribution in [-0.2, 0) is 16.0 Å². The number of H-pyrrole nitrogens is 1. The van der Waals surface area contributed by atoms with Crippen LogP contribution in [0.4, 0.5) is 4.79 Å². The summed E-state index contributed by atoms with van der Waals surface area (Å²) < 4.78 is 11.3. The molecule has 180 valence electrons. The van der Waals surface area contributed by atoms with Crippen molar-refractivity contribution in [1.82, 2.24) is 20.1 Å². The normalized spacial score (nSPS) is 21.6. The first-order valence-electron chi connectivity index (χ1n) is 11.9. The van der Waals surface area contributed by atoms with E-state index in [2.05, 4.69) is 10.3 Å². The Balaban J connectivity index is 1.15. The molecule has 3 aliphatic rings. The number of para-hydroxylation sites is 1. The fraction of sp³-hybridized carbons (Fsp3) is 0.346. The lowest BCUT2D eigenvalue weighted by atomic mass is 10.0. The smallest absolute Gasteiger partial charge is 0.325 e. The average molecular weight is 475 g/mol. The van der Waals surface area contributed by atoms with Gasteiger partial charge >= 0.3 is 6.03 Å². The standard InChI is InChI=1S/C26H26N4O5/c31-24(29-9-3-6-21(29)16-7-8-22-23(13-16)35-11-10-34-22)15-30-25(32)20(28-26(30)33)12-17-14-27-19-5-2-1-4-18(17)19/h1-2,4-5,7-8,13-14,20-21,27H,3,6,9-12,15H2,(H,28,33)/t20-,21-/m0/s1. The number of hydrogen-bond donors (Lipinski definition) is 2. The molecule has 0 saturated carbocycles. The van der Waals surface area contributed by atoms with Crippen molar-refractivity contribution in [2.24, 2.45) is 0 Å². The van der Waals surface area contributed by atoms with Crippen LogP contribution >= 0.6 is 0 Å². The maximum absolute atomic E-state index is 13.3. The van der Waals surface area contributed by atoms with E-state index in [1.807, 2.05) is 48.7 Å². The topological polar surface area (TPSA) is 104 Å². The zero-order valence-electron chi connectivity index (χ0n) is 19.2. The molecule has 0 aliphatic carbocycles. The Morgan fingerprint density at radius 2 is 1.89 bits per heavy atom. The Labute approximate surface area is 202 Å². The molecule has 0 unspecified atom stereocenters. The fourth-order valence-corrected chi connectivity index (χ4v) is 5.29. The third-order valence-corrected chi connectivity index (χ3v) is 7.02. The third kappa shape index (κ3) is 3.86. The Hall–Kier alpha value is -4.01. The number of fused-ring (bicyclic) bond motifs is 2. The molecule has 2 N–H and O–H groups in total. The van der Waals surface area contributed by atoms with E-state index in [4.69, 9.17) is 9.47 Å². The number of nitrogens with zero attached hydrogens (tertiary/aromatic N) is 2. The summed E-state index contributed by atoms with van der Waals surface area (Å²) in [6.45, 7) is 1.33. The minimum Gasteiger partial charge on any atom is -0.486 e. The van der Waals surface area contributed by atoms with E-state index >= 15 is 0 Å². The number of ether oxygens (including phenoxy) is 2. The predicted octanol–water partition coefficient (Wildman–Crippen LogP) is 2.77. The number of amides is 4. The summed E-state index contributed by atoms with van der Waals surface area (Å²) >= 11 is 0. The summed E-state index contributed by atoms with van der Waals surface area (Å²) in [5.74, 6) is 0.779. The minimum absolute atomic E-state index is 0.124. The lowest BCUT2D eigenvalue weighted by Crippen LogP contribution is -2.43. The highest BCUT2D eigenvalue weighted by Gasteiger charge is 2.41. The first kappa shape index (κ1) is 21.5. The van der Waals surface area contributed by atoms with Gasteiger partial charge in [-0.05, 0) is 42.2 Å². The van der Waals surface area contributed by atoms with Gasteiger partial charge in [0.25, 0.3) is 5.91 Å². The van der Waals surface area contributed by atoms with Crippen LogP contribution in [0, 0.1) is 0 Å². The van der Waals surface area contributed by atoms with Gasteiger partial charge in [-0.25, -0.2) is 4.79 Å². The van der Waals surface area contributed by atoms with Crippen molar-refractivity contribution in [2.45, 2.75) is 31.3 Å². The summed E-state index contributed by atoms with van der Waals surface area (Å²) in [6, 6.07) is 12.2. The largest absolute Gasteiger partial charge is 0.486 e. The molecule has 3 aromatic rings. The summed E-state index contributed by atoms with van der Waals surface area (Å²) in [7, 11) is 0. The molecule has 4 heterocycles. The molecule has 4 amide bonds. The van der Waals surface area contributed by atoms with Crippen LogP contribution < -0.4 is 14.8 Å². The van der Waals surface area contributed by atoms with Crippen LogP contribution in [0.5, 0.6) is 11.5 Å². The van der Waals surface area contributed by atoms with Gasteiger partial charge in [-0.1, -0.05) is 24.3 Å². The van der Waals surface area contributed by atoms with Gasteiger partial charge in [0.15, 0.2) is 11.5 Å². The molecule has 1 aromatic heterocycles. The molecule has 6 rings (SSSR count). The summed E-state index contributed by atoms with van der Waals surface area (Å²) in [5, 5.41) is 3.77. The summed E-state index contributed by atoms with van der Waals surface area (Å²) in [4.78, 5) is 45.0. The van der Waals surface area contributed by atoms with Crippen molar-refractivity contribution in [3.8, 4) is 11.5 Å². The molecular weight excluding hydrogens is 448 g/mol. The van der Waals surface area contributed by atoms with Crippen molar-refractivity contribution >= 4 is 28.7 Å². The van der Waals surface area contributed by atoms with Crippen molar-refractivity contribution < 1.29 is 23.9 Å². The van der Waals surface area contributed by atoms with E-state index in [0.717, 1.165) is 39.8 Å². The second kappa shape index (κ2) is 8.65. The number of urea groups is 1. The van der Waals surface area contributed by atoms with Gasteiger partial charge in [0, 0.05) is 30.1 Å². The number of aromatic nitrogens is 1. The highest BCUT2D eigenvalue weighted by atomic mass is 16.6. The highest BCUT2D eigenvalue weighted by molar-refractivity contribution is 6.06. The van der Waals surface area contributed by atoms with E-state index in [1.54, 1.807) is 4.90 Å². The van der Waals surface area contributed by atoms with Crippen LogP contribution in [0.25, 0.3) is 10.9 Å². The van der Waals surface area contributed by atoms with Gasteiger partial charge in [-0.15, -0.1) is 0 Å². The van der Waals surface area contributed by atoms with E-state index < -0.39 is 12.1 Å². The second-order valence-corrected chi connectivity index (χ2v) is 9.14.